The van der Waals surface area contributed by atoms with Gasteiger partial charge in [-0.3, -0.25) is 9.59 Å². The third-order valence-electron chi connectivity index (χ3n) is 4.52. The number of benzene rings is 2. The van der Waals surface area contributed by atoms with Crippen molar-refractivity contribution in [1.82, 2.24) is 0 Å². The Hall–Kier alpha value is -2.33. The second-order valence-corrected chi connectivity index (χ2v) is 7.40. The lowest BCUT2D eigenvalue weighted by Gasteiger charge is -2.08. The average molecular weight is 401 g/mol. The molecule has 0 fully saturated rings. The fraction of sp³-hybridized carbons (Fsp3) is 0.391. The minimum atomic E-state index is -0.219. The first-order valence-electron chi connectivity index (χ1n) is 10.1. The fourth-order valence-corrected chi connectivity index (χ4v) is 3.13. The third kappa shape index (κ3) is 8.13. The van der Waals surface area contributed by atoms with Gasteiger partial charge in [0, 0.05) is 28.4 Å². The first kappa shape index (κ1) is 22.0. The minimum absolute atomic E-state index is 0.0182. The number of hydrogen-bond donors (Lipinski definition) is 2. The molecule has 2 N–H and O–H groups in total. The van der Waals surface area contributed by atoms with Crippen molar-refractivity contribution in [2.24, 2.45) is 0 Å². The van der Waals surface area contributed by atoms with Crippen LogP contribution >= 0.6 is 11.6 Å². The van der Waals surface area contributed by atoms with Crippen molar-refractivity contribution in [1.29, 1.82) is 0 Å². The van der Waals surface area contributed by atoms with Gasteiger partial charge in [0.1, 0.15) is 0 Å². The maximum atomic E-state index is 12.3. The van der Waals surface area contributed by atoms with Crippen molar-refractivity contribution in [3.63, 3.8) is 0 Å². The standard InChI is InChI=1S/C23H29ClN2O2/c1-2-3-4-5-6-7-8-12-22(27)25-20-15-13-18(14-16-20)23(28)26-21-11-9-10-19(24)17-21/h9-11,13-17H,2-8,12H2,1H3,(H,25,27)(H,26,28). The first-order valence-corrected chi connectivity index (χ1v) is 10.4. The molecule has 2 rings (SSSR count). The summed E-state index contributed by atoms with van der Waals surface area (Å²) in [5.41, 5.74) is 1.86. The Bertz CT molecular complexity index is 759. The molecule has 0 bridgehead atoms. The number of halogens is 1. The van der Waals surface area contributed by atoms with Gasteiger partial charge in [-0.2, -0.15) is 0 Å². The van der Waals surface area contributed by atoms with Crippen molar-refractivity contribution in [2.45, 2.75) is 58.3 Å². The molecule has 0 spiro atoms. The van der Waals surface area contributed by atoms with E-state index in [0.717, 1.165) is 12.8 Å². The zero-order chi connectivity index (χ0) is 20.2. The summed E-state index contributed by atoms with van der Waals surface area (Å²) in [4.78, 5) is 24.3. The Morgan fingerprint density at radius 1 is 0.821 bits per heavy atom. The molecule has 2 aromatic rings. The number of unbranched alkanes of at least 4 members (excludes halogenated alkanes) is 6. The van der Waals surface area contributed by atoms with Gasteiger partial charge in [-0.15, -0.1) is 0 Å². The Morgan fingerprint density at radius 3 is 2.18 bits per heavy atom. The van der Waals surface area contributed by atoms with Crippen LogP contribution in [0.1, 0.15) is 68.6 Å². The van der Waals surface area contributed by atoms with E-state index in [1.165, 1.54) is 32.1 Å². The number of nitrogens with one attached hydrogen (secondary N) is 2. The average Bonchev–Trinajstić information content (AvgIpc) is 2.68. The third-order valence-corrected chi connectivity index (χ3v) is 4.76. The molecule has 0 saturated heterocycles. The van der Waals surface area contributed by atoms with Gasteiger partial charge in [0.2, 0.25) is 5.91 Å². The molecule has 0 aliphatic carbocycles. The topological polar surface area (TPSA) is 58.2 Å². The second-order valence-electron chi connectivity index (χ2n) is 6.96. The van der Waals surface area contributed by atoms with E-state index >= 15 is 0 Å². The van der Waals surface area contributed by atoms with Crippen LogP contribution in [0.2, 0.25) is 5.02 Å². The molecule has 0 unspecified atom stereocenters. The van der Waals surface area contributed by atoms with E-state index < -0.39 is 0 Å². The van der Waals surface area contributed by atoms with Crippen LogP contribution < -0.4 is 10.6 Å². The molecule has 4 nitrogen and oxygen atoms in total. The molecule has 0 aromatic heterocycles. The lowest BCUT2D eigenvalue weighted by atomic mass is 10.1. The summed E-state index contributed by atoms with van der Waals surface area (Å²) >= 11 is 5.93. The smallest absolute Gasteiger partial charge is 0.255 e. The number of carbonyl (C=O) groups is 2. The molecule has 0 aliphatic heterocycles. The maximum absolute atomic E-state index is 12.3. The van der Waals surface area contributed by atoms with Crippen molar-refractivity contribution < 1.29 is 9.59 Å². The summed E-state index contributed by atoms with van der Waals surface area (Å²) in [6.07, 6.45) is 8.84. The summed E-state index contributed by atoms with van der Waals surface area (Å²) < 4.78 is 0. The number of anilines is 2. The van der Waals surface area contributed by atoms with Crippen LogP contribution in [0.25, 0.3) is 0 Å². The Morgan fingerprint density at radius 2 is 1.50 bits per heavy atom. The molecule has 28 heavy (non-hydrogen) atoms. The predicted octanol–water partition coefficient (Wildman–Crippen LogP) is 6.67. The van der Waals surface area contributed by atoms with E-state index in [2.05, 4.69) is 17.6 Å². The molecular weight excluding hydrogens is 372 g/mol. The minimum Gasteiger partial charge on any atom is -0.326 e. The highest BCUT2D eigenvalue weighted by Gasteiger charge is 2.08. The van der Waals surface area contributed by atoms with E-state index in [-0.39, 0.29) is 11.8 Å². The van der Waals surface area contributed by atoms with Crippen molar-refractivity contribution in [3.8, 4) is 0 Å². The lowest BCUT2D eigenvalue weighted by molar-refractivity contribution is -0.116. The predicted molar refractivity (Wildman–Crippen MR) is 117 cm³/mol. The van der Waals surface area contributed by atoms with E-state index in [9.17, 15) is 9.59 Å². The normalized spacial score (nSPS) is 10.5. The van der Waals surface area contributed by atoms with E-state index in [1.807, 2.05) is 0 Å². The summed E-state index contributed by atoms with van der Waals surface area (Å²) in [6.45, 7) is 2.21. The zero-order valence-electron chi connectivity index (χ0n) is 16.5. The molecule has 0 heterocycles. The Balaban J connectivity index is 1.72. The van der Waals surface area contributed by atoms with Crippen molar-refractivity contribution in [2.75, 3.05) is 10.6 Å². The van der Waals surface area contributed by atoms with Gasteiger partial charge < -0.3 is 10.6 Å². The molecule has 2 amide bonds. The number of rotatable bonds is 11. The Kier molecular flexibility index (Phi) is 9.56. The highest BCUT2D eigenvalue weighted by molar-refractivity contribution is 6.31. The number of carbonyl (C=O) groups excluding carboxylic acids is 2. The molecular formula is C23H29ClN2O2. The molecule has 0 atom stereocenters. The molecule has 0 radical (unpaired) electrons. The zero-order valence-corrected chi connectivity index (χ0v) is 17.2. The molecule has 150 valence electrons. The van der Waals surface area contributed by atoms with E-state index in [4.69, 9.17) is 11.6 Å². The maximum Gasteiger partial charge on any atom is 0.255 e. The molecule has 0 saturated carbocycles. The quantitative estimate of drug-likeness (QED) is 0.413. The first-order chi connectivity index (χ1) is 13.6. The molecule has 0 aliphatic rings. The van der Waals surface area contributed by atoms with Crippen molar-refractivity contribution in [3.05, 3.63) is 59.1 Å². The fourth-order valence-electron chi connectivity index (χ4n) is 2.94. The van der Waals surface area contributed by atoms with E-state index in [1.54, 1.807) is 48.5 Å². The summed E-state index contributed by atoms with van der Waals surface area (Å²) in [7, 11) is 0. The van der Waals surface area contributed by atoms with Gasteiger partial charge >= 0.3 is 0 Å². The monoisotopic (exact) mass is 400 g/mol. The number of hydrogen-bond acceptors (Lipinski definition) is 2. The number of amides is 2. The van der Waals surface area contributed by atoms with Crippen LogP contribution in [0.15, 0.2) is 48.5 Å². The van der Waals surface area contributed by atoms with E-state index in [0.29, 0.717) is 28.4 Å². The van der Waals surface area contributed by atoms with Crippen LogP contribution in [-0.2, 0) is 4.79 Å². The van der Waals surface area contributed by atoms with Gasteiger partial charge in [-0.25, -0.2) is 0 Å². The van der Waals surface area contributed by atoms with Crippen molar-refractivity contribution >= 4 is 34.8 Å². The van der Waals surface area contributed by atoms with Gasteiger partial charge in [0.25, 0.3) is 5.91 Å². The van der Waals surface area contributed by atoms with Crippen LogP contribution in [0.4, 0.5) is 11.4 Å². The SMILES string of the molecule is CCCCCCCCCC(=O)Nc1ccc(C(=O)Nc2cccc(Cl)c2)cc1. The lowest BCUT2D eigenvalue weighted by Crippen LogP contribution is -2.13. The largest absolute Gasteiger partial charge is 0.326 e. The van der Waals surface area contributed by atoms with Crippen LogP contribution in [0, 0.1) is 0 Å². The van der Waals surface area contributed by atoms with Gasteiger partial charge in [-0.1, -0.05) is 63.1 Å². The summed E-state index contributed by atoms with van der Waals surface area (Å²) in [5.74, 6) is -0.201. The summed E-state index contributed by atoms with van der Waals surface area (Å²) in [6, 6.07) is 13.9. The highest BCUT2D eigenvalue weighted by Crippen LogP contribution is 2.17. The van der Waals surface area contributed by atoms with Crippen LogP contribution in [-0.4, -0.2) is 11.8 Å². The van der Waals surface area contributed by atoms with Gasteiger partial charge in [0.05, 0.1) is 0 Å². The Labute approximate surface area is 172 Å². The second kappa shape index (κ2) is 12.2. The molecule has 5 heteroatoms. The van der Waals surface area contributed by atoms with Crippen LogP contribution in [0.3, 0.4) is 0 Å². The summed E-state index contributed by atoms with van der Waals surface area (Å²) in [5, 5.41) is 6.26. The van der Waals surface area contributed by atoms with Crippen LogP contribution in [0.5, 0.6) is 0 Å². The molecule has 2 aromatic carbocycles. The van der Waals surface area contributed by atoms with Gasteiger partial charge in [-0.05, 0) is 48.9 Å². The van der Waals surface area contributed by atoms with Gasteiger partial charge in [0.15, 0.2) is 0 Å². The highest BCUT2D eigenvalue weighted by atomic mass is 35.5.